The van der Waals surface area contributed by atoms with Gasteiger partial charge < -0.3 is 10.6 Å². The smallest absolute Gasteiger partial charge is 0.107 e. The van der Waals surface area contributed by atoms with Crippen LogP contribution >= 0.6 is 24.0 Å². The Labute approximate surface area is 126 Å². The molecule has 1 aromatic rings. The van der Waals surface area contributed by atoms with Gasteiger partial charge in [0, 0.05) is 29.2 Å². The Bertz CT molecular complexity index is 432. The standard InChI is InChI=1S/C15H24N2S2/c1-5-11(3)10-17(6-2)12-8-7-9-13(19-4)14(12)15(16)18/h7-9,11H,5-6,10H2,1-4H3,(H2,16,18). The Hall–Kier alpha value is -0.740. The molecule has 1 atom stereocenters. The van der Waals surface area contributed by atoms with Crippen molar-refractivity contribution < 1.29 is 0 Å². The molecular weight excluding hydrogens is 272 g/mol. The predicted molar refractivity (Wildman–Crippen MR) is 91.5 cm³/mol. The van der Waals surface area contributed by atoms with Crippen LogP contribution in [0.2, 0.25) is 0 Å². The maximum absolute atomic E-state index is 5.94. The normalized spacial score (nSPS) is 12.2. The molecule has 19 heavy (non-hydrogen) atoms. The minimum atomic E-state index is 0.488. The summed E-state index contributed by atoms with van der Waals surface area (Å²) in [5, 5.41) is 0. The highest BCUT2D eigenvalue weighted by Gasteiger charge is 2.16. The number of nitrogens with two attached hydrogens (primary N) is 1. The number of thioether (sulfide) groups is 1. The first-order chi connectivity index (χ1) is 9.04. The Morgan fingerprint density at radius 3 is 2.58 bits per heavy atom. The lowest BCUT2D eigenvalue weighted by atomic mass is 10.1. The van der Waals surface area contributed by atoms with E-state index in [0.717, 1.165) is 23.5 Å². The average molecular weight is 297 g/mol. The molecule has 4 heteroatoms. The van der Waals surface area contributed by atoms with Gasteiger partial charge in [0.05, 0.1) is 0 Å². The number of benzene rings is 1. The Kier molecular flexibility index (Phi) is 6.66. The maximum atomic E-state index is 5.94. The molecule has 106 valence electrons. The van der Waals surface area contributed by atoms with Gasteiger partial charge in [-0.05, 0) is 31.2 Å². The monoisotopic (exact) mass is 296 g/mol. The molecule has 0 amide bonds. The molecule has 2 nitrogen and oxygen atoms in total. The highest BCUT2D eigenvalue weighted by molar-refractivity contribution is 7.98. The first-order valence-electron chi connectivity index (χ1n) is 6.76. The van der Waals surface area contributed by atoms with Crippen LogP contribution < -0.4 is 10.6 Å². The summed E-state index contributed by atoms with van der Waals surface area (Å²) in [6, 6.07) is 6.29. The van der Waals surface area contributed by atoms with Crippen molar-refractivity contribution in [3.05, 3.63) is 23.8 Å². The zero-order valence-electron chi connectivity index (χ0n) is 12.3. The van der Waals surface area contributed by atoms with Crippen LogP contribution in [-0.4, -0.2) is 24.3 Å². The van der Waals surface area contributed by atoms with E-state index < -0.39 is 0 Å². The largest absolute Gasteiger partial charge is 0.389 e. The molecule has 0 spiro atoms. The van der Waals surface area contributed by atoms with Gasteiger partial charge in [0.25, 0.3) is 0 Å². The number of anilines is 1. The summed E-state index contributed by atoms with van der Waals surface area (Å²) in [5.41, 5.74) is 8.13. The molecule has 1 unspecified atom stereocenters. The van der Waals surface area contributed by atoms with Crippen molar-refractivity contribution >= 4 is 34.7 Å². The summed E-state index contributed by atoms with van der Waals surface area (Å²) in [7, 11) is 0. The SMILES string of the molecule is CCC(C)CN(CC)c1cccc(SC)c1C(N)=S. The van der Waals surface area contributed by atoms with Crippen LogP contribution in [0.5, 0.6) is 0 Å². The number of hydrogen-bond acceptors (Lipinski definition) is 3. The lowest BCUT2D eigenvalue weighted by molar-refractivity contribution is 0.548. The van der Waals surface area contributed by atoms with Crippen LogP contribution in [0.25, 0.3) is 0 Å². The first-order valence-corrected chi connectivity index (χ1v) is 8.40. The van der Waals surface area contributed by atoms with E-state index in [-0.39, 0.29) is 0 Å². The van der Waals surface area contributed by atoms with Crippen molar-refractivity contribution in [2.75, 3.05) is 24.2 Å². The zero-order chi connectivity index (χ0) is 14.4. The Morgan fingerprint density at radius 1 is 1.42 bits per heavy atom. The fourth-order valence-electron chi connectivity index (χ4n) is 2.10. The molecule has 2 N–H and O–H groups in total. The zero-order valence-corrected chi connectivity index (χ0v) is 13.9. The molecule has 0 aromatic heterocycles. The third kappa shape index (κ3) is 4.11. The van der Waals surface area contributed by atoms with Gasteiger partial charge in [0.2, 0.25) is 0 Å². The number of hydrogen-bond donors (Lipinski definition) is 1. The summed E-state index contributed by atoms with van der Waals surface area (Å²) in [6.07, 6.45) is 3.24. The molecule has 0 bridgehead atoms. The summed E-state index contributed by atoms with van der Waals surface area (Å²) in [6.45, 7) is 8.70. The van der Waals surface area contributed by atoms with E-state index in [1.165, 1.54) is 12.1 Å². The quantitative estimate of drug-likeness (QED) is 0.610. The van der Waals surface area contributed by atoms with Gasteiger partial charge in [-0.3, -0.25) is 0 Å². The topological polar surface area (TPSA) is 29.3 Å². The number of rotatable bonds is 7. The lowest BCUT2D eigenvalue weighted by Gasteiger charge is -2.29. The molecule has 1 rings (SSSR count). The third-order valence-electron chi connectivity index (χ3n) is 3.42. The number of thiocarbonyl (C=S) groups is 1. The van der Waals surface area contributed by atoms with E-state index in [9.17, 15) is 0 Å². The highest BCUT2D eigenvalue weighted by atomic mass is 32.2. The predicted octanol–water partition coefficient (Wildman–Crippen LogP) is 3.92. The second-order valence-corrected chi connectivity index (χ2v) is 6.06. The molecule has 0 aliphatic heterocycles. The van der Waals surface area contributed by atoms with Crippen molar-refractivity contribution in [1.82, 2.24) is 0 Å². The average Bonchev–Trinajstić information content (AvgIpc) is 2.43. The van der Waals surface area contributed by atoms with E-state index in [4.69, 9.17) is 18.0 Å². The molecule has 0 aliphatic carbocycles. The van der Waals surface area contributed by atoms with Crippen LogP contribution in [-0.2, 0) is 0 Å². The minimum absolute atomic E-state index is 0.488. The van der Waals surface area contributed by atoms with Crippen LogP contribution in [0.3, 0.4) is 0 Å². The van der Waals surface area contributed by atoms with E-state index in [1.807, 2.05) is 0 Å². The molecule has 0 fully saturated rings. The van der Waals surface area contributed by atoms with Crippen LogP contribution in [0.4, 0.5) is 5.69 Å². The van der Waals surface area contributed by atoms with Crippen molar-refractivity contribution in [2.45, 2.75) is 32.1 Å². The van der Waals surface area contributed by atoms with E-state index in [0.29, 0.717) is 10.9 Å². The molecule has 0 heterocycles. The van der Waals surface area contributed by atoms with Crippen molar-refractivity contribution in [2.24, 2.45) is 11.7 Å². The van der Waals surface area contributed by atoms with Gasteiger partial charge in [-0.1, -0.05) is 38.6 Å². The van der Waals surface area contributed by atoms with Gasteiger partial charge in [0.15, 0.2) is 0 Å². The summed E-state index contributed by atoms with van der Waals surface area (Å²) >= 11 is 6.95. The Morgan fingerprint density at radius 2 is 2.11 bits per heavy atom. The van der Waals surface area contributed by atoms with Gasteiger partial charge in [-0.2, -0.15) is 0 Å². The van der Waals surface area contributed by atoms with Gasteiger partial charge in [0.1, 0.15) is 4.99 Å². The van der Waals surface area contributed by atoms with E-state index in [1.54, 1.807) is 11.8 Å². The van der Waals surface area contributed by atoms with Crippen molar-refractivity contribution in [3.8, 4) is 0 Å². The van der Waals surface area contributed by atoms with E-state index >= 15 is 0 Å². The number of nitrogens with zero attached hydrogens (tertiary/aromatic N) is 1. The van der Waals surface area contributed by atoms with Gasteiger partial charge >= 0.3 is 0 Å². The Balaban J connectivity index is 3.19. The van der Waals surface area contributed by atoms with Gasteiger partial charge in [-0.15, -0.1) is 11.8 Å². The van der Waals surface area contributed by atoms with Crippen molar-refractivity contribution in [3.63, 3.8) is 0 Å². The minimum Gasteiger partial charge on any atom is -0.389 e. The second kappa shape index (κ2) is 7.75. The first kappa shape index (κ1) is 16.3. The maximum Gasteiger partial charge on any atom is 0.107 e. The highest BCUT2D eigenvalue weighted by Crippen LogP contribution is 2.30. The summed E-state index contributed by atoms with van der Waals surface area (Å²) < 4.78 is 0. The fraction of sp³-hybridized carbons (Fsp3) is 0.533. The molecule has 0 saturated heterocycles. The molecule has 0 saturated carbocycles. The molecule has 0 radical (unpaired) electrons. The lowest BCUT2D eigenvalue weighted by Crippen LogP contribution is -2.30. The van der Waals surface area contributed by atoms with Crippen LogP contribution in [0.1, 0.15) is 32.8 Å². The van der Waals surface area contributed by atoms with Gasteiger partial charge in [-0.25, -0.2) is 0 Å². The molecule has 0 aliphatic rings. The summed E-state index contributed by atoms with van der Waals surface area (Å²) in [5.74, 6) is 0.664. The fourth-order valence-corrected chi connectivity index (χ4v) is 3.02. The van der Waals surface area contributed by atoms with Crippen molar-refractivity contribution in [1.29, 1.82) is 0 Å². The van der Waals surface area contributed by atoms with Crippen LogP contribution in [0, 0.1) is 5.92 Å². The van der Waals surface area contributed by atoms with Crippen LogP contribution in [0.15, 0.2) is 23.1 Å². The van der Waals surface area contributed by atoms with E-state index in [2.05, 4.69) is 50.1 Å². The molecular formula is C15H24N2S2. The molecule has 1 aromatic carbocycles. The summed E-state index contributed by atoms with van der Waals surface area (Å²) in [4.78, 5) is 4.03. The third-order valence-corrected chi connectivity index (χ3v) is 4.41. The second-order valence-electron chi connectivity index (χ2n) is 4.77.